The van der Waals surface area contributed by atoms with Gasteiger partial charge in [0.15, 0.2) is 11.6 Å². The normalized spacial score (nSPS) is 14.7. The third-order valence-electron chi connectivity index (χ3n) is 5.31. The van der Waals surface area contributed by atoms with Crippen LogP contribution in [-0.4, -0.2) is 59.6 Å². The molecule has 3 rings (SSSR count). The summed E-state index contributed by atoms with van der Waals surface area (Å²) in [6, 6.07) is 4.70. The molecule has 0 saturated carbocycles. The van der Waals surface area contributed by atoms with Gasteiger partial charge >= 0.3 is 12.5 Å². The van der Waals surface area contributed by atoms with Crippen molar-refractivity contribution >= 4 is 17.8 Å². The molecule has 2 aromatic rings. The molecule has 0 unspecified atom stereocenters. The van der Waals surface area contributed by atoms with Crippen molar-refractivity contribution in [3.05, 3.63) is 36.4 Å². The number of anilines is 1. The van der Waals surface area contributed by atoms with E-state index in [-0.39, 0.29) is 30.5 Å². The highest BCUT2D eigenvalue weighted by Gasteiger charge is 2.32. The summed E-state index contributed by atoms with van der Waals surface area (Å²) in [7, 11) is 0. The van der Waals surface area contributed by atoms with Crippen molar-refractivity contribution in [1.29, 1.82) is 0 Å². The smallest absolute Gasteiger partial charge is 0.444 e. The minimum atomic E-state index is -4.99. The molecule has 0 aliphatic carbocycles. The van der Waals surface area contributed by atoms with Gasteiger partial charge in [0.05, 0.1) is 5.69 Å². The molecule has 9 nitrogen and oxygen atoms in total. The number of hydrogen-bond donors (Lipinski definition) is 2. The fourth-order valence-corrected chi connectivity index (χ4v) is 3.69. The first-order valence-electron chi connectivity index (χ1n) is 11.7. The van der Waals surface area contributed by atoms with Crippen LogP contribution in [0.1, 0.15) is 40.0 Å². The van der Waals surface area contributed by atoms with Gasteiger partial charge in [-0.3, -0.25) is 4.79 Å². The number of nitrogens with one attached hydrogen (secondary N) is 2. The summed E-state index contributed by atoms with van der Waals surface area (Å²) >= 11 is 0. The molecular weight excluding hydrogens is 498 g/mol. The number of ether oxygens (including phenoxy) is 2. The van der Waals surface area contributed by atoms with Crippen LogP contribution in [0.25, 0.3) is 11.3 Å². The summed E-state index contributed by atoms with van der Waals surface area (Å²) < 4.78 is 60.0. The van der Waals surface area contributed by atoms with Crippen molar-refractivity contribution in [1.82, 2.24) is 20.6 Å². The number of halogens is 4. The van der Waals surface area contributed by atoms with Gasteiger partial charge in [0.25, 0.3) is 0 Å². The van der Waals surface area contributed by atoms with Crippen LogP contribution in [-0.2, 0) is 9.53 Å². The van der Waals surface area contributed by atoms with Gasteiger partial charge in [0.2, 0.25) is 5.91 Å². The lowest BCUT2D eigenvalue weighted by atomic mass is 10.0. The van der Waals surface area contributed by atoms with E-state index in [4.69, 9.17) is 4.74 Å². The predicted octanol–water partition coefficient (Wildman–Crippen LogP) is 4.18. The first-order chi connectivity index (χ1) is 17.3. The number of nitrogens with zero attached hydrogens (tertiary/aromatic N) is 3. The van der Waals surface area contributed by atoms with Crippen molar-refractivity contribution < 1.29 is 36.6 Å². The fourth-order valence-electron chi connectivity index (χ4n) is 3.69. The Morgan fingerprint density at radius 1 is 1.11 bits per heavy atom. The van der Waals surface area contributed by atoms with Crippen LogP contribution >= 0.6 is 0 Å². The van der Waals surface area contributed by atoms with Crippen LogP contribution < -0.4 is 20.3 Å². The summed E-state index contributed by atoms with van der Waals surface area (Å²) in [6.45, 7) is 6.59. The van der Waals surface area contributed by atoms with Crippen molar-refractivity contribution in [3.8, 4) is 17.0 Å². The maximum absolute atomic E-state index is 14.1. The highest BCUT2D eigenvalue weighted by Crippen LogP contribution is 2.30. The van der Waals surface area contributed by atoms with Gasteiger partial charge < -0.3 is 25.0 Å². The number of hydrogen-bond acceptors (Lipinski definition) is 7. The molecule has 37 heavy (non-hydrogen) atoms. The van der Waals surface area contributed by atoms with Crippen LogP contribution in [0.15, 0.2) is 30.6 Å². The lowest BCUT2D eigenvalue weighted by molar-refractivity contribution is -0.275. The number of alkyl halides is 3. The van der Waals surface area contributed by atoms with Gasteiger partial charge in [0, 0.05) is 43.7 Å². The van der Waals surface area contributed by atoms with Gasteiger partial charge in [-0.15, -0.1) is 13.2 Å². The minimum Gasteiger partial charge on any atom is -0.444 e. The van der Waals surface area contributed by atoms with Crippen LogP contribution in [0.5, 0.6) is 5.75 Å². The number of alkyl carbamates (subject to hydrolysis) is 1. The zero-order valence-corrected chi connectivity index (χ0v) is 20.7. The Hall–Kier alpha value is -3.64. The van der Waals surface area contributed by atoms with Gasteiger partial charge in [-0.25, -0.2) is 19.2 Å². The molecule has 2 heterocycles. The van der Waals surface area contributed by atoms with E-state index in [1.807, 2.05) is 4.90 Å². The molecule has 1 fully saturated rings. The van der Waals surface area contributed by atoms with Crippen molar-refractivity contribution in [2.75, 3.05) is 24.5 Å². The minimum absolute atomic E-state index is 0.0399. The first kappa shape index (κ1) is 27.9. The third-order valence-corrected chi connectivity index (χ3v) is 5.31. The van der Waals surface area contributed by atoms with Crippen molar-refractivity contribution in [3.63, 3.8) is 0 Å². The quantitative estimate of drug-likeness (QED) is 0.521. The second kappa shape index (κ2) is 11.6. The van der Waals surface area contributed by atoms with Gasteiger partial charge in [-0.2, -0.15) is 0 Å². The maximum Gasteiger partial charge on any atom is 0.573 e. The Balaban J connectivity index is 1.49. The Labute approximate surface area is 211 Å². The lowest BCUT2D eigenvalue weighted by Crippen LogP contribution is -2.45. The topological polar surface area (TPSA) is 106 Å². The molecular formula is C24H29F4N5O4. The zero-order chi connectivity index (χ0) is 27.2. The number of piperidine rings is 1. The van der Waals surface area contributed by atoms with Gasteiger partial charge in [-0.05, 0) is 51.8 Å². The summed E-state index contributed by atoms with van der Waals surface area (Å²) in [5.74, 6) is -1.69. The fraction of sp³-hybridized carbons (Fsp3) is 0.500. The summed E-state index contributed by atoms with van der Waals surface area (Å²) in [6.07, 6.45) is -2.84. The standard InChI is InChI=1S/C24H29F4N5O4/c1-23(2,3)37-22(35)29-9-6-21(34)32-16-7-10-33(11-8-16)20-13-18(30-14-31-20)15-4-5-19(17(25)12-15)36-24(26,27)28/h4-5,12-14,16H,6-11H2,1-3H3,(H,29,35)(H,32,34). The molecule has 0 spiro atoms. The van der Waals surface area contributed by atoms with E-state index < -0.39 is 29.6 Å². The predicted molar refractivity (Wildman–Crippen MR) is 126 cm³/mol. The van der Waals surface area contributed by atoms with E-state index >= 15 is 0 Å². The molecule has 202 valence electrons. The molecule has 0 radical (unpaired) electrons. The molecule has 2 N–H and O–H groups in total. The SMILES string of the molecule is CC(C)(C)OC(=O)NCCC(=O)NC1CCN(c2cc(-c3ccc(OC(F)(F)F)c(F)c3)ncn2)CC1. The van der Waals surface area contributed by atoms with Crippen LogP contribution in [0.3, 0.4) is 0 Å². The number of aromatic nitrogens is 2. The average molecular weight is 528 g/mol. The first-order valence-corrected chi connectivity index (χ1v) is 11.7. The highest BCUT2D eigenvalue weighted by molar-refractivity contribution is 5.77. The largest absolute Gasteiger partial charge is 0.573 e. The number of amides is 2. The lowest BCUT2D eigenvalue weighted by Gasteiger charge is -2.33. The Kier molecular flexibility index (Phi) is 8.77. The molecule has 2 amide bonds. The van der Waals surface area contributed by atoms with E-state index in [1.165, 1.54) is 12.4 Å². The Morgan fingerprint density at radius 2 is 1.81 bits per heavy atom. The number of benzene rings is 1. The summed E-state index contributed by atoms with van der Waals surface area (Å²) in [4.78, 5) is 34.2. The maximum atomic E-state index is 14.1. The number of carbonyl (C=O) groups excluding carboxylic acids is 2. The zero-order valence-electron chi connectivity index (χ0n) is 20.7. The molecule has 1 aliphatic rings. The van der Waals surface area contributed by atoms with E-state index in [0.29, 0.717) is 37.4 Å². The van der Waals surface area contributed by atoms with Crippen LogP contribution in [0.2, 0.25) is 0 Å². The van der Waals surface area contributed by atoms with E-state index in [0.717, 1.165) is 12.1 Å². The number of carbonyl (C=O) groups is 2. The third kappa shape index (κ3) is 9.07. The van der Waals surface area contributed by atoms with E-state index in [9.17, 15) is 27.2 Å². The molecule has 0 bridgehead atoms. The Bertz CT molecular complexity index is 1100. The molecule has 1 aromatic carbocycles. The second-order valence-electron chi connectivity index (χ2n) is 9.46. The monoisotopic (exact) mass is 527 g/mol. The van der Waals surface area contributed by atoms with E-state index in [1.54, 1.807) is 26.8 Å². The summed E-state index contributed by atoms with van der Waals surface area (Å²) in [5.41, 5.74) is 0.00473. The average Bonchev–Trinajstić information content (AvgIpc) is 2.79. The van der Waals surface area contributed by atoms with Crippen LogP contribution in [0.4, 0.5) is 28.2 Å². The molecule has 0 atom stereocenters. The van der Waals surface area contributed by atoms with Crippen molar-refractivity contribution in [2.45, 2.75) is 58.0 Å². The molecule has 1 aromatic heterocycles. The van der Waals surface area contributed by atoms with E-state index in [2.05, 4.69) is 25.3 Å². The molecule has 13 heteroatoms. The van der Waals surface area contributed by atoms with Crippen LogP contribution in [0, 0.1) is 5.82 Å². The number of rotatable bonds is 7. The second-order valence-corrected chi connectivity index (χ2v) is 9.46. The highest BCUT2D eigenvalue weighted by atomic mass is 19.4. The van der Waals surface area contributed by atoms with Gasteiger partial charge in [0.1, 0.15) is 17.7 Å². The van der Waals surface area contributed by atoms with Crippen molar-refractivity contribution in [2.24, 2.45) is 0 Å². The van der Waals surface area contributed by atoms with Gasteiger partial charge in [-0.1, -0.05) is 0 Å². The molecule has 1 aliphatic heterocycles. The Morgan fingerprint density at radius 3 is 2.43 bits per heavy atom. The molecule has 1 saturated heterocycles. The summed E-state index contributed by atoms with van der Waals surface area (Å²) in [5, 5.41) is 5.50.